The third kappa shape index (κ3) is 10.2. The normalized spacial score (nSPS) is 24.4. The summed E-state index contributed by atoms with van der Waals surface area (Å²) in [5, 5.41) is 0. The van der Waals surface area contributed by atoms with E-state index >= 15 is 0 Å². The summed E-state index contributed by atoms with van der Waals surface area (Å²) >= 11 is 0. The van der Waals surface area contributed by atoms with Gasteiger partial charge in [-0.2, -0.15) is 0 Å². The third-order valence-electron chi connectivity index (χ3n) is 9.71. The van der Waals surface area contributed by atoms with Gasteiger partial charge >= 0.3 is 0 Å². The van der Waals surface area contributed by atoms with Crippen LogP contribution in [0.1, 0.15) is 159 Å². The Morgan fingerprint density at radius 3 is 2.12 bits per heavy atom. The lowest BCUT2D eigenvalue weighted by Gasteiger charge is -2.38. The van der Waals surface area contributed by atoms with Crippen molar-refractivity contribution in [3.63, 3.8) is 0 Å². The Balaban J connectivity index is 0.000000244. The molecule has 1 aromatic carbocycles. The van der Waals surface area contributed by atoms with Crippen LogP contribution >= 0.6 is 0 Å². The average Bonchev–Trinajstić information content (AvgIpc) is 3.29. The van der Waals surface area contributed by atoms with Gasteiger partial charge in [0.25, 0.3) is 0 Å². The molecule has 0 amide bonds. The first-order valence-corrected chi connectivity index (χ1v) is 17.2. The van der Waals surface area contributed by atoms with Gasteiger partial charge in [-0.15, -0.1) is 6.58 Å². The Morgan fingerprint density at radius 1 is 0.850 bits per heavy atom. The number of hydrogen-bond acceptors (Lipinski definition) is 1. The lowest BCUT2D eigenvalue weighted by atomic mass is 9.67. The van der Waals surface area contributed by atoms with Crippen LogP contribution < -0.4 is 0 Å². The van der Waals surface area contributed by atoms with Crippen LogP contribution in [0.3, 0.4) is 0 Å². The van der Waals surface area contributed by atoms with Crippen molar-refractivity contribution in [3.8, 4) is 0 Å². The number of rotatable bonds is 5. The van der Waals surface area contributed by atoms with E-state index in [0.717, 1.165) is 17.8 Å². The van der Waals surface area contributed by atoms with Gasteiger partial charge in [-0.1, -0.05) is 128 Å². The van der Waals surface area contributed by atoms with Gasteiger partial charge in [0, 0.05) is 11.4 Å². The molecule has 0 bridgehead atoms. The van der Waals surface area contributed by atoms with E-state index in [1.807, 2.05) is 20.8 Å². The Morgan fingerprint density at radius 2 is 1.50 bits per heavy atom. The highest BCUT2D eigenvalue weighted by Crippen LogP contribution is 2.44. The summed E-state index contributed by atoms with van der Waals surface area (Å²) in [5.74, 6) is 2.93. The van der Waals surface area contributed by atoms with Gasteiger partial charge in [-0.05, 0) is 99.2 Å². The molecule has 2 fully saturated rings. The van der Waals surface area contributed by atoms with E-state index in [2.05, 4.69) is 69.8 Å². The minimum atomic E-state index is 0.434. The van der Waals surface area contributed by atoms with E-state index in [1.54, 1.807) is 17.2 Å². The highest BCUT2D eigenvalue weighted by atomic mass is 14.7. The molecule has 40 heavy (non-hydrogen) atoms. The fourth-order valence-corrected chi connectivity index (χ4v) is 7.76. The quantitative estimate of drug-likeness (QED) is 0.269. The number of hydrogen-bond donors (Lipinski definition) is 0. The summed E-state index contributed by atoms with van der Waals surface area (Å²) in [6.45, 7) is 16.0. The van der Waals surface area contributed by atoms with Crippen molar-refractivity contribution in [2.24, 2.45) is 11.8 Å². The minimum absolute atomic E-state index is 0.434. The van der Waals surface area contributed by atoms with Gasteiger partial charge in [0.15, 0.2) is 0 Å². The second-order valence-electron chi connectivity index (χ2n) is 12.4. The summed E-state index contributed by atoms with van der Waals surface area (Å²) in [6, 6.07) is 15.8. The van der Waals surface area contributed by atoms with E-state index in [4.69, 9.17) is 4.98 Å². The lowest BCUT2D eigenvalue weighted by molar-refractivity contribution is 0.209. The lowest BCUT2D eigenvalue weighted by Crippen LogP contribution is -2.31. The zero-order valence-corrected chi connectivity index (χ0v) is 27.3. The molecule has 0 spiro atoms. The summed E-state index contributed by atoms with van der Waals surface area (Å²) in [7, 11) is 0. The summed E-state index contributed by atoms with van der Waals surface area (Å²) < 4.78 is 0. The molecule has 2 unspecified atom stereocenters. The van der Waals surface area contributed by atoms with Crippen molar-refractivity contribution in [1.82, 2.24) is 4.98 Å². The number of benzene rings is 1. The van der Waals surface area contributed by atoms with E-state index in [-0.39, 0.29) is 0 Å². The van der Waals surface area contributed by atoms with Crippen LogP contribution in [0.25, 0.3) is 0 Å². The van der Waals surface area contributed by atoms with Crippen molar-refractivity contribution in [3.05, 3.63) is 77.6 Å². The largest absolute Gasteiger partial charge is 0.258 e. The standard InChI is InChI=1S/C19H28.C15H23N.C3H6.C2H6/c1-2-5-10-16(9-4-1)18-13-8-14-19(15-18)17-11-6-3-7-12-17;1-4-10-15(5-2)11-6-7-14-13(15)9-8-12(3)16-14;1-3-2;1-2/h3,6-7,11-12,16,18-19H,1-2,4-5,8-10,13-15H2;8-9H,4-7,10-11H2,1-3H3;3H,1H2,2H3;1-2H3/t;15-;;/m.1../s1. The van der Waals surface area contributed by atoms with Gasteiger partial charge < -0.3 is 0 Å². The topological polar surface area (TPSA) is 12.9 Å². The maximum Gasteiger partial charge on any atom is 0.0444 e. The van der Waals surface area contributed by atoms with E-state index < -0.39 is 0 Å². The van der Waals surface area contributed by atoms with Crippen LogP contribution in [0.4, 0.5) is 0 Å². The number of fused-ring (bicyclic) bond motifs is 1. The van der Waals surface area contributed by atoms with Crippen LogP contribution in [-0.4, -0.2) is 4.98 Å². The third-order valence-corrected chi connectivity index (χ3v) is 9.71. The maximum atomic E-state index is 4.74. The number of allylic oxidation sites excluding steroid dienone is 1. The summed E-state index contributed by atoms with van der Waals surface area (Å²) in [6.07, 6.45) is 24.3. The van der Waals surface area contributed by atoms with Gasteiger partial charge in [0.2, 0.25) is 0 Å². The molecule has 5 rings (SSSR count). The molecule has 224 valence electrons. The van der Waals surface area contributed by atoms with Crippen molar-refractivity contribution in [2.45, 2.75) is 156 Å². The van der Waals surface area contributed by atoms with Crippen LogP contribution in [0.2, 0.25) is 0 Å². The SMILES string of the molecule is C=CC.CC.CCC[C@]1(CC)CCCc2nc(C)ccc21.c1ccc(C2CCCC(C3CCCCCC3)C2)cc1. The van der Waals surface area contributed by atoms with Crippen LogP contribution in [0, 0.1) is 18.8 Å². The first-order chi connectivity index (χ1) is 19.6. The molecule has 2 aromatic rings. The van der Waals surface area contributed by atoms with Crippen LogP contribution in [0.15, 0.2) is 55.1 Å². The molecule has 3 aliphatic rings. The monoisotopic (exact) mass is 545 g/mol. The molecular formula is C39H63N. The van der Waals surface area contributed by atoms with E-state index in [0.29, 0.717) is 5.41 Å². The predicted octanol–water partition coefficient (Wildman–Crippen LogP) is 12.3. The summed E-state index contributed by atoms with van der Waals surface area (Å²) in [4.78, 5) is 4.74. The fourth-order valence-electron chi connectivity index (χ4n) is 7.76. The van der Waals surface area contributed by atoms with Crippen molar-refractivity contribution in [1.29, 1.82) is 0 Å². The molecule has 1 heterocycles. The maximum absolute atomic E-state index is 4.74. The second-order valence-corrected chi connectivity index (χ2v) is 12.4. The first kappa shape index (κ1) is 34.3. The molecule has 0 saturated heterocycles. The molecule has 0 radical (unpaired) electrons. The van der Waals surface area contributed by atoms with Gasteiger partial charge in [0.1, 0.15) is 0 Å². The van der Waals surface area contributed by atoms with Gasteiger partial charge in [-0.25, -0.2) is 0 Å². The molecule has 1 nitrogen and oxygen atoms in total. The molecule has 3 aliphatic carbocycles. The fraction of sp³-hybridized carbons (Fsp3) is 0.667. The van der Waals surface area contributed by atoms with Crippen molar-refractivity contribution < 1.29 is 0 Å². The molecule has 1 heteroatoms. The first-order valence-electron chi connectivity index (χ1n) is 17.2. The zero-order valence-electron chi connectivity index (χ0n) is 27.3. The number of pyridine rings is 1. The van der Waals surface area contributed by atoms with Crippen molar-refractivity contribution in [2.75, 3.05) is 0 Å². The zero-order chi connectivity index (χ0) is 29.2. The highest BCUT2D eigenvalue weighted by molar-refractivity contribution is 5.33. The van der Waals surface area contributed by atoms with Gasteiger partial charge in [-0.3, -0.25) is 4.98 Å². The predicted molar refractivity (Wildman–Crippen MR) is 178 cm³/mol. The van der Waals surface area contributed by atoms with Crippen LogP contribution in [-0.2, 0) is 11.8 Å². The van der Waals surface area contributed by atoms with Gasteiger partial charge in [0.05, 0.1) is 0 Å². The Kier molecular flexibility index (Phi) is 16.5. The molecule has 0 N–H and O–H groups in total. The Bertz CT molecular complexity index is 923. The molecular weight excluding hydrogens is 482 g/mol. The highest BCUT2D eigenvalue weighted by Gasteiger charge is 2.34. The smallest absolute Gasteiger partial charge is 0.0444 e. The summed E-state index contributed by atoms with van der Waals surface area (Å²) in [5.41, 5.74) is 6.13. The molecule has 3 atom stereocenters. The number of aromatic nitrogens is 1. The Labute approximate surface area is 249 Å². The minimum Gasteiger partial charge on any atom is -0.258 e. The van der Waals surface area contributed by atoms with E-state index in [1.165, 1.54) is 114 Å². The average molecular weight is 546 g/mol. The molecule has 0 aliphatic heterocycles. The van der Waals surface area contributed by atoms with Crippen LogP contribution in [0.5, 0.6) is 0 Å². The molecule has 1 aromatic heterocycles. The second kappa shape index (κ2) is 19.3. The molecule has 2 saturated carbocycles. The van der Waals surface area contributed by atoms with Crippen molar-refractivity contribution >= 4 is 0 Å². The number of nitrogens with zero attached hydrogens (tertiary/aromatic N) is 1. The van der Waals surface area contributed by atoms with E-state index in [9.17, 15) is 0 Å². The number of aryl methyl sites for hydroxylation is 2. The Hall–Kier alpha value is -1.89.